The zero-order chi connectivity index (χ0) is 14.0. The van der Waals surface area contributed by atoms with Crippen LogP contribution in [0.3, 0.4) is 0 Å². The van der Waals surface area contributed by atoms with Gasteiger partial charge in [-0.25, -0.2) is 4.79 Å². The second-order valence-corrected chi connectivity index (χ2v) is 4.05. The Labute approximate surface area is 109 Å². The van der Waals surface area contributed by atoms with E-state index in [0.29, 0.717) is 11.5 Å². The van der Waals surface area contributed by atoms with Gasteiger partial charge in [-0.1, -0.05) is 0 Å². The first kappa shape index (κ1) is 12.8. The predicted molar refractivity (Wildman–Crippen MR) is 69.4 cm³/mol. The van der Waals surface area contributed by atoms with Crippen molar-refractivity contribution < 1.29 is 14.7 Å². The fourth-order valence-corrected chi connectivity index (χ4v) is 1.75. The van der Waals surface area contributed by atoms with Crippen LogP contribution in [0.25, 0.3) is 0 Å². The lowest BCUT2D eigenvalue weighted by Gasteiger charge is -2.18. The molecule has 19 heavy (non-hydrogen) atoms. The number of aryl methyl sites for hydroxylation is 1. The molecule has 0 saturated heterocycles. The van der Waals surface area contributed by atoms with Gasteiger partial charge in [0.25, 0.3) is 0 Å². The van der Waals surface area contributed by atoms with E-state index < -0.39 is 5.97 Å². The van der Waals surface area contributed by atoms with Crippen molar-refractivity contribution in [1.29, 1.82) is 0 Å². The van der Waals surface area contributed by atoms with Crippen LogP contribution in [-0.4, -0.2) is 26.8 Å². The van der Waals surface area contributed by atoms with E-state index in [9.17, 15) is 9.59 Å². The van der Waals surface area contributed by atoms with Gasteiger partial charge >= 0.3 is 5.97 Å². The van der Waals surface area contributed by atoms with E-state index in [1.165, 1.54) is 24.0 Å². The third kappa shape index (κ3) is 2.62. The second kappa shape index (κ2) is 4.93. The van der Waals surface area contributed by atoms with Crippen molar-refractivity contribution in [1.82, 2.24) is 9.78 Å². The number of amides is 1. The number of carbonyl (C=O) groups is 2. The highest BCUT2D eigenvalue weighted by molar-refractivity contribution is 5.98. The number of nitrogens with zero attached hydrogens (tertiary/aromatic N) is 3. The van der Waals surface area contributed by atoms with Crippen LogP contribution >= 0.6 is 0 Å². The van der Waals surface area contributed by atoms with Crippen molar-refractivity contribution in [2.45, 2.75) is 6.92 Å². The molecule has 0 fully saturated rings. The number of hydrogen-bond donors (Lipinski definition) is 1. The van der Waals surface area contributed by atoms with Crippen molar-refractivity contribution in [3.05, 3.63) is 42.1 Å². The normalized spacial score (nSPS) is 10.2. The second-order valence-electron chi connectivity index (χ2n) is 4.05. The van der Waals surface area contributed by atoms with Gasteiger partial charge in [-0.15, -0.1) is 0 Å². The van der Waals surface area contributed by atoms with E-state index in [4.69, 9.17) is 5.11 Å². The highest BCUT2D eigenvalue weighted by atomic mass is 16.4. The van der Waals surface area contributed by atoms with Gasteiger partial charge in [0.2, 0.25) is 5.91 Å². The zero-order valence-electron chi connectivity index (χ0n) is 10.6. The summed E-state index contributed by atoms with van der Waals surface area (Å²) in [5.74, 6) is -0.696. The summed E-state index contributed by atoms with van der Waals surface area (Å²) in [7, 11) is 1.76. The number of rotatable bonds is 3. The standard InChI is InChI=1S/C13H13N3O3/c1-9(17)16(12-7-8-15(2)14-12)11-5-3-10(4-6-11)13(18)19/h3-8H,1-2H3,(H,18,19). The van der Waals surface area contributed by atoms with Crippen LogP contribution in [0, 0.1) is 0 Å². The molecule has 0 saturated carbocycles. The number of carboxylic acids is 1. The maximum atomic E-state index is 11.7. The Hall–Kier alpha value is -2.63. The largest absolute Gasteiger partial charge is 0.478 e. The number of aromatic carboxylic acids is 1. The molecule has 0 spiro atoms. The number of aromatic nitrogens is 2. The Bertz CT molecular complexity index is 616. The van der Waals surface area contributed by atoms with Crippen LogP contribution in [0.5, 0.6) is 0 Å². The van der Waals surface area contributed by atoms with Crippen LogP contribution < -0.4 is 4.90 Å². The summed E-state index contributed by atoms with van der Waals surface area (Å²) in [6.07, 6.45) is 1.73. The summed E-state index contributed by atoms with van der Waals surface area (Å²) < 4.78 is 1.59. The van der Waals surface area contributed by atoms with E-state index >= 15 is 0 Å². The molecule has 0 radical (unpaired) electrons. The molecule has 1 aromatic carbocycles. The predicted octanol–water partition coefficient (Wildman–Crippen LogP) is 1.80. The molecule has 0 aliphatic rings. The molecule has 0 bridgehead atoms. The van der Waals surface area contributed by atoms with Gasteiger partial charge in [0, 0.05) is 26.2 Å². The van der Waals surface area contributed by atoms with Crippen molar-refractivity contribution in [2.24, 2.45) is 7.05 Å². The lowest BCUT2D eigenvalue weighted by molar-refractivity contribution is -0.115. The number of carbonyl (C=O) groups excluding carboxylic acids is 1. The van der Waals surface area contributed by atoms with E-state index in [1.807, 2.05) is 0 Å². The minimum atomic E-state index is -1.00. The first-order valence-electron chi connectivity index (χ1n) is 5.63. The summed E-state index contributed by atoms with van der Waals surface area (Å²) in [6.45, 7) is 1.43. The van der Waals surface area contributed by atoms with Crippen LogP contribution in [-0.2, 0) is 11.8 Å². The van der Waals surface area contributed by atoms with Crippen molar-refractivity contribution >= 4 is 23.4 Å². The number of anilines is 2. The average Bonchev–Trinajstić information content (AvgIpc) is 2.76. The molecule has 98 valence electrons. The molecular weight excluding hydrogens is 246 g/mol. The first-order valence-corrected chi connectivity index (χ1v) is 5.63. The molecule has 1 heterocycles. The van der Waals surface area contributed by atoms with Gasteiger partial charge < -0.3 is 5.11 Å². The summed E-state index contributed by atoms with van der Waals surface area (Å²) in [6, 6.07) is 7.79. The Kier molecular flexibility index (Phi) is 3.33. The van der Waals surface area contributed by atoms with E-state index in [2.05, 4.69) is 5.10 Å². The Morgan fingerprint density at radius 1 is 1.21 bits per heavy atom. The highest BCUT2D eigenvalue weighted by Gasteiger charge is 2.16. The molecule has 1 amide bonds. The minimum Gasteiger partial charge on any atom is -0.478 e. The molecule has 6 heteroatoms. The van der Waals surface area contributed by atoms with Crippen molar-refractivity contribution in [2.75, 3.05) is 4.90 Å². The minimum absolute atomic E-state index is 0.174. The summed E-state index contributed by atoms with van der Waals surface area (Å²) in [4.78, 5) is 23.9. The molecular formula is C13H13N3O3. The van der Waals surface area contributed by atoms with Crippen LogP contribution in [0.4, 0.5) is 11.5 Å². The first-order chi connectivity index (χ1) is 8.99. The molecule has 0 atom stereocenters. The maximum absolute atomic E-state index is 11.7. The average molecular weight is 259 g/mol. The monoisotopic (exact) mass is 259 g/mol. The Morgan fingerprint density at radius 3 is 2.26 bits per heavy atom. The molecule has 0 unspecified atom stereocenters. The fourth-order valence-electron chi connectivity index (χ4n) is 1.75. The summed E-state index contributed by atoms with van der Waals surface area (Å²) in [5.41, 5.74) is 0.754. The maximum Gasteiger partial charge on any atom is 0.335 e. The third-order valence-electron chi connectivity index (χ3n) is 2.62. The Balaban J connectivity index is 2.40. The van der Waals surface area contributed by atoms with Crippen molar-refractivity contribution in [3.63, 3.8) is 0 Å². The van der Waals surface area contributed by atoms with Crippen LogP contribution in [0.2, 0.25) is 0 Å². The summed E-state index contributed by atoms with van der Waals surface area (Å²) in [5, 5.41) is 13.0. The molecule has 6 nitrogen and oxygen atoms in total. The van der Waals surface area contributed by atoms with Gasteiger partial charge in [0.15, 0.2) is 5.82 Å². The van der Waals surface area contributed by atoms with E-state index in [0.717, 1.165) is 0 Å². The quantitative estimate of drug-likeness (QED) is 0.912. The number of benzene rings is 1. The van der Waals surface area contributed by atoms with Crippen LogP contribution in [0.15, 0.2) is 36.5 Å². The molecule has 1 aromatic heterocycles. The smallest absolute Gasteiger partial charge is 0.335 e. The van der Waals surface area contributed by atoms with Crippen molar-refractivity contribution in [3.8, 4) is 0 Å². The lowest BCUT2D eigenvalue weighted by Crippen LogP contribution is -2.23. The van der Waals surface area contributed by atoms with E-state index in [-0.39, 0.29) is 11.5 Å². The van der Waals surface area contributed by atoms with Gasteiger partial charge in [-0.05, 0) is 24.3 Å². The van der Waals surface area contributed by atoms with Gasteiger partial charge in [0.05, 0.1) is 11.3 Å². The molecule has 0 aliphatic heterocycles. The SMILES string of the molecule is CC(=O)N(c1ccc(C(=O)O)cc1)c1ccn(C)n1. The zero-order valence-corrected chi connectivity index (χ0v) is 10.6. The lowest BCUT2D eigenvalue weighted by atomic mass is 10.2. The van der Waals surface area contributed by atoms with Crippen LogP contribution in [0.1, 0.15) is 17.3 Å². The Morgan fingerprint density at radius 2 is 1.84 bits per heavy atom. The summed E-state index contributed by atoms with van der Waals surface area (Å²) >= 11 is 0. The van der Waals surface area contributed by atoms with Gasteiger partial charge in [0.1, 0.15) is 0 Å². The third-order valence-corrected chi connectivity index (χ3v) is 2.62. The van der Waals surface area contributed by atoms with E-state index in [1.54, 1.807) is 36.1 Å². The number of carboxylic acid groups (broad SMARTS) is 1. The topological polar surface area (TPSA) is 75.4 Å². The molecule has 2 rings (SSSR count). The molecule has 2 aromatic rings. The van der Waals surface area contributed by atoms with Gasteiger partial charge in [-0.3, -0.25) is 14.4 Å². The molecule has 0 aliphatic carbocycles. The molecule has 1 N–H and O–H groups in total. The number of hydrogen-bond acceptors (Lipinski definition) is 3. The fraction of sp³-hybridized carbons (Fsp3) is 0.154. The highest BCUT2D eigenvalue weighted by Crippen LogP contribution is 2.24. The van der Waals surface area contributed by atoms with Gasteiger partial charge in [-0.2, -0.15) is 5.10 Å².